The van der Waals surface area contributed by atoms with Crippen molar-refractivity contribution < 1.29 is 35.3 Å². The highest BCUT2D eigenvalue weighted by molar-refractivity contribution is 7.86. The van der Waals surface area contributed by atoms with Crippen LogP contribution in [0.4, 0.5) is 11.4 Å². The van der Waals surface area contributed by atoms with Gasteiger partial charge >= 0.3 is 0 Å². The summed E-state index contributed by atoms with van der Waals surface area (Å²) in [5.41, 5.74) is 3.84. The van der Waals surface area contributed by atoms with E-state index in [-0.39, 0.29) is 22.2 Å². The van der Waals surface area contributed by atoms with Crippen molar-refractivity contribution >= 4 is 43.2 Å². The summed E-state index contributed by atoms with van der Waals surface area (Å²) in [6.07, 6.45) is 13.7. The van der Waals surface area contributed by atoms with Crippen molar-refractivity contribution in [3.8, 4) is 12.3 Å². The summed E-state index contributed by atoms with van der Waals surface area (Å²) < 4.78 is 71.2. The number of likely N-dealkylation sites (N-methyl/N-ethyl adjacent to an activating group) is 1. The lowest BCUT2D eigenvalue weighted by atomic mass is 9.81. The van der Waals surface area contributed by atoms with Crippen LogP contribution in [0, 0.1) is 12.3 Å². The van der Waals surface area contributed by atoms with Crippen molar-refractivity contribution in [3.63, 3.8) is 0 Å². The molecule has 246 valence electrons. The molecule has 2 aliphatic heterocycles. The number of fused-ring (bicyclic) bond motifs is 2. The van der Waals surface area contributed by atoms with Crippen LogP contribution in [-0.2, 0) is 35.9 Å². The van der Waals surface area contributed by atoms with Crippen LogP contribution in [0.3, 0.4) is 0 Å². The second-order valence-corrected chi connectivity index (χ2v) is 15.3. The Morgan fingerprint density at radius 3 is 2.33 bits per heavy atom. The topological polar surface area (TPSA) is 147 Å². The molecule has 0 unspecified atom stereocenters. The van der Waals surface area contributed by atoms with E-state index in [2.05, 4.69) is 20.7 Å². The fourth-order valence-corrected chi connectivity index (χ4v) is 7.41. The van der Waals surface area contributed by atoms with Crippen LogP contribution in [0.15, 0.2) is 70.1 Å². The molecule has 2 aromatic carbocycles. The molecule has 10 nitrogen and oxygen atoms in total. The average molecular weight is 668 g/mol. The third kappa shape index (κ3) is 6.98. The predicted octanol–water partition coefficient (Wildman–Crippen LogP) is 4.78. The Bertz CT molecular complexity index is 1900. The van der Waals surface area contributed by atoms with Gasteiger partial charge in [0.1, 0.15) is 16.7 Å². The Hall–Kier alpha value is -3.76. The van der Waals surface area contributed by atoms with Crippen molar-refractivity contribution in [2.24, 2.45) is 0 Å². The van der Waals surface area contributed by atoms with E-state index in [9.17, 15) is 30.7 Å². The molecule has 2 aliphatic rings. The highest BCUT2D eigenvalue weighted by Crippen LogP contribution is 2.48. The first-order valence-corrected chi connectivity index (χ1v) is 18.0. The first-order chi connectivity index (χ1) is 21.4. The van der Waals surface area contributed by atoms with Gasteiger partial charge in [0.25, 0.3) is 10.1 Å². The fraction of sp³-hybridized carbons (Fsp3) is 0.412. The molecule has 0 aliphatic carbocycles. The van der Waals surface area contributed by atoms with Gasteiger partial charge in [-0.3, -0.25) is 9.35 Å². The number of amides is 1. The third-order valence-corrected chi connectivity index (χ3v) is 10.5. The van der Waals surface area contributed by atoms with Gasteiger partial charge in [0.05, 0.1) is 21.8 Å². The number of benzene rings is 2. The van der Waals surface area contributed by atoms with Gasteiger partial charge in [-0.1, -0.05) is 25.8 Å². The largest absolute Gasteiger partial charge is 0.744 e. The van der Waals surface area contributed by atoms with Gasteiger partial charge in [-0.2, -0.15) is 13.0 Å². The Kier molecular flexibility index (Phi) is 10.0. The number of anilines is 1. The molecule has 4 rings (SSSR count). The van der Waals surface area contributed by atoms with Crippen LogP contribution in [-0.4, -0.2) is 61.8 Å². The SMILES string of the molecule is C#CCNC(=O)CCCCC[N+]1=C(C=CC=C2N(CC)c3ccc(S(=O)(=O)[O-])cc3C2(C)C)C(C)(C)c2cc(S(=O)(=O)O)ccc21. The summed E-state index contributed by atoms with van der Waals surface area (Å²) in [6.45, 7) is 11.4. The highest BCUT2D eigenvalue weighted by Gasteiger charge is 2.45. The lowest BCUT2D eigenvalue weighted by Crippen LogP contribution is -2.28. The quantitative estimate of drug-likeness (QED) is 0.142. The Morgan fingerprint density at radius 2 is 1.70 bits per heavy atom. The monoisotopic (exact) mass is 667 g/mol. The molecule has 0 spiro atoms. The third-order valence-electron chi connectivity index (χ3n) is 8.81. The summed E-state index contributed by atoms with van der Waals surface area (Å²) in [7, 11) is -9.02. The van der Waals surface area contributed by atoms with Gasteiger partial charge in [-0.15, -0.1) is 6.42 Å². The van der Waals surface area contributed by atoms with Gasteiger partial charge in [0.2, 0.25) is 11.6 Å². The lowest BCUT2D eigenvalue weighted by molar-refractivity contribution is -0.438. The number of hydrogen-bond acceptors (Lipinski definition) is 7. The molecular formula is C34H41N3O7S2. The number of carbonyl (C=O) groups excluding carboxylic acids is 1. The summed E-state index contributed by atoms with van der Waals surface area (Å²) >= 11 is 0. The highest BCUT2D eigenvalue weighted by atomic mass is 32.2. The molecule has 0 atom stereocenters. The zero-order valence-electron chi connectivity index (χ0n) is 26.8. The van der Waals surface area contributed by atoms with E-state index < -0.39 is 31.1 Å². The number of carbonyl (C=O) groups is 1. The molecule has 12 heteroatoms. The van der Waals surface area contributed by atoms with E-state index in [1.54, 1.807) is 12.1 Å². The van der Waals surface area contributed by atoms with Crippen LogP contribution in [0.5, 0.6) is 0 Å². The van der Waals surface area contributed by atoms with Gasteiger partial charge in [0.15, 0.2) is 5.71 Å². The number of hydrogen-bond donors (Lipinski definition) is 2. The minimum absolute atomic E-state index is 0.0875. The second kappa shape index (κ2) is 13.2. The number of nitrogens with zero attached hydrogens (tertiary/aromatic N) is 2. The maximum absolute atomic E-state index is 12.0. The lowest BCUT2D eigenvalue weighted by Gasteiger charge is -2.25. The van der Waals surface area contributed by atoms with Gasteiger partial charge in [-0.05, 0) is 75.6 Å². The molecule has 0 saturated carbocycles. The smallest absolute Gasteiger partial charge is 0.294 e. The van der Waals surface area contributed by atoms with Crippen LogP contribution in [0.2, 0.25) is 0 Å². The number of rotatable bonds is 12. The van der Waals surface area contributed by atoms with Crippen molar-refractivity contribution in [1.82, 2.24) is 5.32 Å². The van der Waals surface area contributed by atoms with E-state index >= 15 is 0 Å². The maximum atomic E-state index is 12.0. The first-order valence-electron chi connectivity index (χ1n) is 15.2. The van der Waals surface area contributed by atoms with Crippen molar-refractivity contribution in [2.45, 2.75) is 80.9 Å². The molecule has 0 radical (unpaired) electrons. The minimum atomic E-state index is -4.61. The van der Waals surface area contributed by atoms with E-state index in [0.717, 1.165) is 46.8 Å². The number of allylic oxidation sites excluding steroid dienone is 4. The first kappa shape index (κ1) is 35.1. The Balaban J connectivity index is 1.69. The van der Waals surface area contributed by atoms with Crippen LogP contribution >= 0.6 is 0 Å². The van der Waals surface area contributed by atoms with Crippen molar-refractivity contribution in [3.05, 3.63) is 71.5 Å². The Labute approximate surface area is 272 Å². The van der Waals surface area contributed by atoms with Gasteiger partial charge < -0.3 is 14.8 Å². The maximum Gasteiger partial charge on any atom is 0.294 e. The molecule has 0 bridgehead atoms. The number of nitrogens with one attached hydrogen (secondary N) is 1. The summed E-state index contributed by atoms with van der Waals surface area (Å²) in [5.74, 6) is 2.30. The van der Waals surface area contributed by atoms with Crippen molar-refractivity contribution in [1.29, 1.82) is 0 Å². The molecule has 2 heterocycles. The standard InChI is InChI=1S/C34H41N3O7S2/c1-7-20-35-32(38)15-10-9-11-21-37-29-19-17-25(46(42,43)44)23-27(29)34(5,6)31(37)14-12-13-30-33(3,4)26-22-24(45(39,40)41)16-18-28(26)36(30)8-2/h1,12-14,16-19,22-23H,8-11,15,20-21H2,2-6H3,(H2-,35,38,39,40,41,42,43,44). The zero-order valence-corrected chi connectivity index (χ0v) is 28.5. The molecule has 1 amide bonds. The molecule has 0 fully saturated rings. The van der Waals surface area contributed by atoms with Gasteiger partial charge in [0, 0.05) is 53.9 Å². The molecule has 2 aromatic rings. The Morgan fingerprint density at radius 1 is 1.02 bits per heavy atom. The van der Waals surface area contributed by atoms with E-state index in [1.165, 1.54) is 24.3 Å². The van der Waals surface area contributed by atoms with Crippen LogP contribution in [0.1, 0.15) is 71.4 Å². The van der Waals surface area contributed by atoms with Crippen molar-refractivity contribution in [2.75, 3.05) is 24.5 Å². The van der Waals surface area contributed by atoms with Crippen LogP contribution in [0.25, 0.3) is 0 Å². The van der Waals surface area contributed by atoms with Crippen LogP contribution < -0.4 is 10.2 Å². The molecule has 46 heavy (non-hydrogen) atoms. The molecule has 2 N–H and O–H groups in total. The molecular weight excluding hydrogens is 627 g/mol. The normalized spacial score (nSPS) is 17.8. The summed E-state index contributed by atoms with van der Waals surface area (Å²) in [5, 5.41) is 2.67. The van der Waals surface area contributed by atoms with Gasteiger partial charge in [-0.25, -0.2) is 8.42 Å². The summed E-state index contributed by atoms with van der Waals surface area (Å²) in [6, 6.07) is 9.11. The minimum Gasteiger partial charge on any atom is -0.744 e. The number of terminal acetylenes is 1. The van der Waals surface area contributed by atoms with E-state index in [0.29, 0.717) is 25.9 Å². The zero-order chi connectivity index (χ0) is 34.1. The average Bonchev–Trinajstić information content (AvgIpc) is 3.32. The fourth-order valence-electron chi connectivity index (χ4n) is 6.41. The number of unbranched alkanes of at least 4 members (excludes halogenated alkanes) is 2. The van der Waals surface area contributed by atoms with E-state index in [1.807, 2.05) is 52.8 Å². The van der Waals surface area contributed by atoms with E-state index in [4.69, 9.17) is 6.42 Å². The molecule has 0 saturated heterocycles. The summed E-state index contributed by atoms with van der Waals surface area (Å²) in [4.78, 5) is 13.6. The molecule has 0 aromatic heterocycles. The second-order valence-electron chi connectivity index (χ2n) is 12.5. The predicted molar refractivity (Wildman–Crippen MR) is 177 cm³/mol.